The van der Waals surface area contributed by atoms with Crippen molar-refractivity contribution >= 4 is 23.9 Å². The predicted molar refractivity (Wildman–Crippen MR) is 285 cm³/mol. The Morgan fingerprint density at radius 2 is 0.803 bits per heavy atom. The maximum Gasteiger partial charge on any atom is 0.335 e. The van der Waals surface area contributed by atoms with Crippen molar-refractivity contribution in [3.63, 3.8) is 0 Å². The van der Waals surface area contributed by atoms with Crippen molar-refractivity contribution in [3.05, 3.63) is 24.3 Å². The molecule has 0 bridgehead atoms. The lowest BCUT2D eigenvalue weighted by Gasteiger charge is -2.40. The second-order valence-electron chi connectivity index (χ2n) is 20.3. The smallest absolute Gasteiger partial charge is 0.335 e. The van der Waals surface area contributed by atoms with E-state index in [0.29, 0.717) is 19.3 Å². The summed E-state index contributed by atoms with van der Waals surface area (Å²) in [7, 11) is 0. The first-order valence-corrected chi connectivity index (χ1v) is 29.3. The number of aliphatic carboxylic acids is 1. The van der Waals surface area contributed by atoms with Crippen LogP contribution in [0.5, 0.6) is 0 Å². The summed E-state index contributed by atoms with van der Waals surface area (Å²) in [5.74, 6) is -3.11. The molecule has 414 valence electrons. The van der Waals surface area contributed by atoms with E-state index in [1.807, 2.05) is 0 Å². The third-order valence-electron chi connectivity index (χ3n) is 13.5. The molecule has 1 heterocycles. The number of carboxylic acid groups (broad SMARTS) is 1. The molecule has 1 rings (SSSR count). The number of hydrogen-bond acceptors (Lipinski definition) is 11. The molecule has 0 aliphatic carbocycles. The van der Waals surface area contributed by atoms with Crippen LogP contribution in [-0.4, -0.2) is 89.2 Å². The van der Waals surface area contributed by atoms with Gasteiger partial charge in [0.1, 0.15) is 18.8 Å². The Balaban J connectivity index is 2.69. The van der Waals surface area contributed by atoms with Crippen molar-refractivity contribution in [1.29, 1.82) is 0 Å². The molecule has 0 radical (unpaired) electrons. The molecular weight excluding hydrogens is 901 g/mol. The minimum Gasteiger partial charge on any atom is -0.479 e. The van der Waals surface area contributed by atoms with Gasteiger partial charge in [0.25, 0.3) is 0 Å². The SMILES string of the molecule is CCCCCC/C=C\CCCCCCCC(=O)OCC(COC1OC(C(=O)O)C(O)C(O)C1OC(=O)CCCCCCCCCCCCCCCCC)OC(=O)CCCCCCC/C=C\CCCCCC. The zero-order valence-corrected chi connectivity index (χ0v) is 45.5. The fraction of sp³-hybridized carbons (Fsp3) is 0.864. The standard InChI is InChI=1S/C59H106O12/c1-4-7-10-13-16-19-22-25-26-29-32-35-38-41-44-47-53(62)70-57-55(64)54(63)56(58(65)66)71-59(57)68-49-50(69-52(61)46-43-40-37-34-31-28-24-21-18-15-12-9-6-3)48-67-51(60)45-42-39-36-33-30-27-23-20-17-14-11-8-5-2/h20-21,23-24,50,54-57,59,63-64H,4-19,22,25-49H2,1-3H3,(H,65,66)/b23-20-,24-21-. The number of aliphatic hydroxyl groups is 2. The van der Waals surface area contributed by atoms with Gasteiger partial charge in [-0.15, -0.1) is 0 Å². The van der Waals surface area contributed by atoms with Crippen LogP contribution in [0.3, 0.4) is 0 Å². The Morgan fingerprint density at radius 3 is 1.21 bits per heavy atom. The Labute approximate surface area is 432 Å². The summed E-state index contributed by atoms with van der Waals surface area (Å²) in [6.45, 7) is 5.96. The molecule has 71 heavy (non-hydrogen) atoms. The zero-order chi connectivity index (χ0) is 51.8. The normalized spacial score (nSPS) is 18.6. The minimum absolute atomic E-state index is 0.0652. The van der Waals surface area contributed by atoms with Gasteiger partial charge in [-0.3, -0.25) is 14.4 Å². The number of carbonyl (C=O) groups excluding carboxylic acids is 3. The molecule has 1 aliphatic rings. The third-order valence-corrected chi connectivity index (χ3v) is 13.5. The first-order valence-electron chi connectivity index (χ1n) is 29.3. The number of unbranched alkanes of at least 4 members (excludes halogenated alkanes) is 32. The number of aliphatic hydroxyl groups excluding tert-OH is 2. The number of carbonyl (C=O) groups is 4. The Bertz CT molecular complexity index is 1340. The van der Waals surface area contributed by atoms with Crippen LogP contribution in [0.25, 0.3) is 0 Å². The fourth-order valence-corrected chi connectivity index (χ4v) is 8.95. The van der Waals surface area contributed by atoms with E-state index >= 15 is 0 Å². The molecule has 0 saturated carbocycles. The van der Waals surface area contributed by atoms with Crippen LogP contribution in [-0.2, 0) is 42.9 Å². The van der Waals surface area contributed by atoms with Crippen LogP contribution in [0.4, 0.5) is 0 Å². The molecule has 6 unspecified atom stereocenters. The molecule has 0 amide bonds. The van der Waals surface area contributed by atoms with Crippen LogP contribution in [0.2, 0.25) is 0 Å². The largest absolute Gasteiger partial charge is 0.479 e. The van der Waals surface area contributed by atoms with Crippen molar-refractivity contribution in [2.24, 2.45) is 0 Å². The third kappa shape index (κ3) is 38.4. The van der Waals surface area contributed by atoms with E-state index in [1.54, 1.807) is 0 Å². The maximum absolute atomic E-state index is 13.1. The quantitative estimate of drug-likeness (QED) is 0.0228. The highest BCUT2D eigenvalue weighted by Gasteiger charge is 2.50. The molecule has 12 heteroatoms. The van der Waals surface area contributed by atoms with Crippen molar-refractivity contribution in [3.8, 4) is 0 Å². The van der Waals surface area contributed by atoms with Crippen molar-refractivity contribution in [2.45, 2.75) is 314 Å². The maximum atomic E-state index is 13.1. The van der Waals surface area contributed by atoms with Gasteiger partial charge in [0, 0.05) is 19.3 Å². The van der Waals surface area contributed by atoms with Crippen LogP contribution >= 0.6 is 0 Å². The van der Waals surface area contributed by atoms with Gasteiger partial charge in [0.2, 0.25) is 0 Å². The first-order chi connectivity index (χ1) is 34.6. The number of rotatable bonds is 50. The van der Waals surface area contributed by atoms with Gasteiger partial charge in [-0.2, -0.15) is 0 Å². The summed E-state index contributed by atoms with van der Waals surface area (Å²) in [4.78, 5) is 51.0. The Kier molecular flexibility index (Phi) is 44.9. The van der Waals surface area contributed by atoms with E-state index < -0.39 is 67.3 Å². The van der Waals surface area contributed by atoms with E-state index in [9.17, 15) is 34.5 Å². The molecule has 12 nitrogen and oxygen atoms in total. The van der Waals surface area contributed by atoms with E-state index in [-0.39, 0.29) is 25.9 Å². The topological polar surface area (TPSA) is 175 Å². The summed E-state index contributed by atoms with van der Waals surface area (Å²) in [6, 6.07) is 0. The average Bonchev–Trinajstić information content (AvgIpc) is 3.35. The number of ether oxygens (including phenoxy) is 5. The molecule has 1 fully saturated rings. The summed E-state index contributed by atoms with van der Waals surface area (Å²) in [6.07, 6.45) is 41.5. The summed E-state index contributed by atoms with van der Waals surface area (Å²) < 4.78 is 28.4. The Morgan fingerprint density at radius 1 is 0.451 bits per heavy atom. The lowest BCUT2D eigenvalue weighted by Crippen LogP contribution is -2.61. The second-order valence-corrected chi connectivity index (χ2v) is 20.3. The molecule has 0 aromatic rings. The molecule has 0 aromatic carbocycles. The first kappa shape index (κ1) is 66.2. The lowest BCUT2D eigenvalue weighted by atomic mass is 9.98. The van der Waals surface area contributed by atoms with E-state index in [1.165, 1.54) is 122 Å². The van der Waals surface area contributed by atoms with Crippen molar-refractivity contribution in [1.82, 2.24) is 0 Å². The zero-order valence-electron chi connectivity index (χ0n) is 45.5. The van der Waals surface area contributed by atoms with Gasteiger partial charge < -0.3 is 39.0 Å². The van der Waals surface area contributed by atoms with Gasteiger partial charge in [-0.1, -0.05) is 212 Å². The number of carboxylic acids is 1. The molecule has 0 spiro atoms. The van der Waals surface area contributed by atoms with Gasteiger partial charge in [-0.05, 0) is 70.6 Å². The van der Waals surface area contributed by atoms with Gasteiger partial charge in [-0.25, -0.2) is 4.79 Å². The fourth-order valence-electron chi connectivity index (χ4n) is 8.95. The highest BCUT2D eigenvalue weighted by Crippen LogP contribution is 2.26. The summed E-state index contributed by atoms with van der Waals surface area (Å²) >= 11 is 0. The van der Waals surface area contributed by atoms with Crippen LogP contribution in [0.15, 0.2) is 24.3 Å². The highest BCUT2D eigenvalue weighted by molar-refractivity contribution is 5.74. The monoisotopic (exact) mass is 1010 g/mol. The summed E-state index contributed by atoms with van der Waals surface area (Å²) in [5, 5.41) is 31.4. The van der Waals surface area contributed by atoms with Gasteiger partial charge in [0.15, 0.2) is 24.6 Å². The van der Waals surface area contributed by atoms with Crippen molar-refractivity contribution in [2.75, 3.05) is 13.2 Å². The van der Waals surface area contributed by atoms with Gasteiger partial charge >= 0.3 is 23.9 Å². The number of allylic oxidation sites excluding steroid dienone is 4. The highest BCUT2D eigenvalue weighted by atomic mass is 16.7. The average molecular weight is 1010 g/mol. The lowest BCUT2D eigenvalue weighted by molar-refractivity contribution is -0.301. The number of esters is 3. The van der Waals surface area contributed by atoms with Gasteiger partial charge in [0.05, 0.1) is 6.61 Å². The van der Waals surface area contributed by atoms with E-state index in [4.69, 9.17) is 23.7 Å². The molecule has 3 N–H and O–H groups in total. The second kappa shape index (κ2) is 48.2. The van der Waals surface area contributed by atoms with Crippen molar-refractivity contribution < 1.29 is 58.2 Å². The van der Waals surface area contributed by atoms with E-state index in [2.05, 4.69) is 45.1 Å². The predicted octanol–water partition coefficient (Wildman–Crippen LogP) is 14.7. The molecule has 6 atom stereocenters. The molecule has 0 aromatic heterocycles. The molecule has 1 saturated heterocycles. The summed E-state index contributed by atoms with van der Waals surface area (Å²) in [5.41, 5.74) is 0. The Hall–Kier alpha value is -2.80. The minimum atomic E-state index is -1.90. The van der Waals surface area contributed by atoms with Crippen LogP contribution in [0.1, 0.15) is 278 Å². The van der Waals surface area contributed by atoms with Crippen LogP contribution in [0, 0.1) is 0 Å². The molecular formula is C59H106O12. The van der Waals surface area contributed by atoms with E-state index in [0.717, 1.165) is 96.3 Å². The molecule has 1 aliphatic heterocycles. The van der Waals surface area contributed by atoms with Crippen LogP contribution < -0.4 is 0 Å². The number of hydrogen-bond donors (Lipinski definition) is 3.